The average Bonchev–Trinajstić information content (AvgIpc) is 2.57. The summed E-state index contributed by atoms with van der Waals surface area (Å²) in [6.45, 7) is 4.58. The van der Waals surface area contributed by atoms with E-state index in [0.717, 1.165) is 4.88 Å². The van der Waals surface area contributed by atoms with E-state index in [1.54, 1.807) is 17.4 Å². The van der Waals surface area contributed by atoms with Gasteiger partial charge in [0.1, 0.15) is 6.61 Å². The van der Waals surface area contributed by atoms with Crippen LogP contribution in [0.25, 0.3) is 0 Å². The highest BCUT2D eigenvalue weighted by Gasteiger charge is 1.83. The van der Waals surface area contributed by atoms with Crippen LogP contribution >= 0.6 is 11.3 Å². The molecule has 0 aliphatic heterocycles. The fourth-order valence-corrected chi connectivity index (χ4v) is 1.26. The third kappa shape index (κ3) is 3.38. The molecule has 0 saturated heterocycles. The maximum atomic E-state index is 5.09. The van der Waals surface area contributed by atoms with E-state index in [4.69, 9.17) is 4.74 Å². The van der Waals surface area contributed by atoms with Gasteiger partial charge in [-0.2, -0.15) is 0 Å². The molecular weight excluding hydrogens is 168 g/mol. The van der Waals surface area contributed by atoms with Crippen LogP contribution in [0.4, 0.5) is 0 Å². The SMILES string of the molecule is C=CCOCC#Cc1cccs1. The standard InChI is InChI=1S/C10H10OS/c1-2-7-11-8-3-5-10-6-4-9-12-10/h2,4,6,9H,1,7-8H2. The number of thiophene rings is 1. The zero-order valence-electron chi connectivity index (χ0n) is 6.75. The molecule has 0 amide bonds. The molecule has 1 heterocycles. The summed E-state index contributed by atoms with van der Waals surface area (Å²) in [6.07, 6.45) is 1.72. The second-order valence-electron chi connectivity index (χ2n) is 2.08. The molecule has 1 aromatic heterocycles. The van der Waals surface area contributed by atoms with Gasteiger partial charge in [-0.05, 0) is 11.4 Å². The lowest BCUT2D eigenvalue weighted by atomic mass is 10.4. The van der Waals surface area contributed by atoms with Gasteiger partial charge >= 0.3 is 0 Å². The van der Waals surface area contributed by atoms with E-state index in [9.17, 15) is 0 Å². The first-order chi connectivity index (χ1) is 5.93. The summed E-state index contributed by atoms with van der Waals surface area (Å²) in [5.74, 6) is 5.91. The van der Waals surface area contributed by atoms with Gasteiger partial charge in [-0.3, -0.25) is 0 Å². The molecule has 1 nitrogen and oxygen atoms in total. The summed E-state index contributed by atoms with van der Waals surface area (Å²) < 4.78 is 5.09. The minimum atomic E-state index is 0.476. The van der Waals surface area contributed by atoms with Gasteiger partial charge in [0.15, 0.2) is 0 Å². The van der Waals surface area contributed by atoms with Crippen LogP contribution in [-0.2, 0) is 4.74 Å². The molecule has 0 unspecified atom stereocenters. The highest BCUT2D eigenvalue weighted by Crippen LogP contribution is 2.05. The van der Waals surface area contributed by atoms with Gasteiger partial charge in [0.05, 0.1) is 11.5 Å². The molecule has 0 aliphatic rings. The Morgan fingerprint density at radius 1 is 1.67 bits per heavy atom. The van der Waals surface area contributed by atoms with Crippen LogP contribution in [0, 0.1) is 11.8 Å². The van der Waals surface area contributed by atoms with Crippen molar-refractivity contribution in [2.45, 2.75) is 0 Å². The number of hydrogen-bond donors (Lipinski definition) is 0. The molecule has 2 heteroatoms. The first-order valence-electron chi connectivity index (χ1n) is 3.64. The Kier molecular flexibility index (Phi) is 4.22. The van der Waals surface area contributed by atoms with E-state index >= 15 is 0 Å². The highest BCUT2D eigenvalue weighted by molar-refractivity contribution is 7.10. The molecule has 0 aliphatic carbocycles. The molecule has 12 heavy (non-hydrogen) atoms. The number of rotatable bonds is 3. The molecular formula is C10H10OS. The predicted octanol–water partition coefficient (Wildman–Crippen LogP) is 2.30. The van der Waals surface area contributed by atoms with Crippen molar-refractivity contribution in [1.82, 2.24) is 0 Å². The Bertz CT molecular complexity index is 277. The molecule has 0 atom stereocenters. The Hall–Kier alpha value is -1.04. The van der Waals surface area contributed by atoms with Gasteiger partial charge in [-0.15, -0.1) is 17.9 Å². The molecule has 62 valence electrons. The fraction of sp³-hybridized carbons (Fsp3) is 0.200. The minimum absolute atomic E-state index is 0.476. The van der Waals surface area contributed by atoms with Crippen LogP contribution in [0.15, 0.2) is 30.2 Å². The molecule has 0 fully saturated rings. The predicted molar refractivity (Wildman–Crippen MR) is 52.2 cm³/mol. The maximum Gasteiger partial charge on any atom is 0.108 e. The Balaban J connectivity index is 2.25. The van der Waals surface area contributed by atoms with Crippen LogP contribution in [0.3, 0.4) is 0 Å². The lowest BCUT2D eigenvalue weighted by molar-refractivity contribution is 0.199. The molecule has 0 radical (unpaired) electrons. The summed E-state index contributed by atoms with van der Waals surface area (Å²) in [7, 11) is 0. The zero-order valence-corrected chi connectivity index (χ0v) is 7.56. The van der Waals surface area contributed by atoms with Crippen LogP contribution in [-0.4, -0.2) is 13.2 Å². The smallest absolute Gasteiger partial charge is 0.108 e. The van der Waals surface area contributed by atoms with Crippen LogP contribution in [0.5, 0.6) is 0 Å². The fourth-order valence-electron chi connectivity index (χ4n) is 0.666. The van der Waals surface area contributed by atoms with Crippen molar-refractivity contribution in [1.29, 1.82) is 0 Å². The second kappa shape index (κ2) is 5.59. The molecule has 1 rings (SSSR count). The Morgan fingerprint density at radius 2 is 2.58 bits per heavy atom. The van der Waals surface area contributed by atoms with Gasteiger partial charge in [0.2, 0.25) is 0 Å². The first-order valence-corrected chi connectivity index (χ1v) is 4.52. The van der Waals surface area contributed by atoms with Gasteiger partial charge in [-0.25, -0.2) is 0 Å². The first kappa shape index (κ1) is 9.05. The maximum absolute atomic E-state index is 5.09. The van der Waals surface area contributed by atoms with Crippen LogP contribution < -0.4 is 0 Å². The number of ether oxygens (including phenoxy) is 1. The summed E-state index contributed by atoms with van der Waals surface area (Å²) in [5.41, 5.74) is 0. The largest absolute Gasteiger partial charge is 0.365 e. The highest BCUT2D eigenvalue weighted by atomic mass is 32.1. The van der Waals surface area contributed by atoms with Crippen molar-refractivity contribution in [3.8, 4) is 11.8 Å². The van der Waals surface area contributed by atoms with Crippen LogP contribution in [0.2, 0.25) is 0 Å². The van der Waals surface area contributed by atoms with Gasteiger partial charge in [-0.1, -0.05) is 24.0 Å². The van der Waals surface area contributed by atoms with E-state index < -0.39 is 0 Å². The van der Waals surface area contributed by atoms with Gasteiger partial charge in [0.25, 0.3) is 0 Å². The summed E-state index contributed by atoms with van der Waals surface area (Å²) in [4.78, 5) is 1.08. The molecule has 0 saturated carbocycles. The lowest BCUT2D eigenvalue weighted by Crippen LogP contribution is -1.89. The van der Waals surface area contributed by atoms with E-state index in [0.29, 0.717) is 13.2 Å². The number of hydrogen-bond acceptors (Lipinski definition) is 2. The Morgan fingerprint density at radius 3 is 3.25 bits per heavy atom. The normalized spacial score (nSPS) is 8.67. The van der Waals surface area contributed by atoms with Crippen LogP contribution in [0.1, 0.15) is 4.88 Å². The van der Waals surface area contributed by atoms with Crippen molar-refractivity contribution in [2.24, 2.45) is 0 Å². The van der Waals surface area contributed by atoms with E-state index in [1.165, 1.54) is 0 Å². The topological polar surface area (TPSA) is 9.23 Å². The van der Waals surface area contributed by atoms with Crippen molar-refractivity contribution >= 4 is 11.3 Å². The van der Waals surface area contributed by atoms with Crippen molar-refractivity contribution < 1.29 is 4.74 Å². The van der Waals surface area contributed by atoms with E-state index in [1.807, 2.05) is 17.5 Å². The monoisotopic (exact) mass is 178 g/mol. The molecule has 0 bridgehead atoms. The zero-order chi connectivity index (χ0) is 8.65. The van der Waals surface area contributed by atoms with Crippen molar-refractivity contribution in [3.05, 3.63) is 35.0 Å². The van der Waals surface area contributed by atoms with E-state index in [-0.39, 0.29) is 0 Å². The quantitative estimate of drug-likeness (QED) is 0.392. The van der Waals surface area contributed by atoms with E-state index in [2.05, 4.69) is 18.4 Å². The summed E-state index contributed by atoms with van der Waals surface area (Å²) in [5, 5.41) is 2.01. The third-order valence-electron chi connectivity index (χ3n) is 1.14. The van der Waals surface area contributed by atoms with Gasteiger partial charge in [0, 0.05) is 0 Å². The third-order valence-corrected chi connectivity index (χ3v) is 1.93. The molecule has 0 aromatic carbocycles. The van der Waals surface area contributed by atoms with Gasteiger partial charge < -0.3 is 4.74 Å². The molecule has 1 aromatic rings. The summed E-state index contributed by atoms with van der Waals surface area (Å²) in [6, 6.07) is 3.98. The molecule has 0 spiro atoms. The van der Waals surface area contributed by atoms with Crippen molar-refractivity contribution in [3.63, 3.8) is 0 Å². The van der Waals surface area contributed by atoms with Crippen molar-refractivity contribution in [2.75, 3.05) is 13.2 Å². The lowest BCUT2D eigenvalue weighted by Gasteiger charge is -1.89. The Labute approximate surface area is 76.7 Å². The molecule has 0 N–H and O–H groups in total. The summed E-state index contributed by atoms with van der Waals surface area (Å²) >= 11 is 1.64. The average molecular weight is 178 g/mol. The minimum Gasteiger partial charge on any atom is -0.365 e. The second-order valence-corrected chi connectivity index (χ2v) is 3.03.